The van der Waals surface area contributed by atoms with E-state index in [1.54, 1.807) is 24.3 Å². The predicted molar refractivity (Wildman–Crippen MR) is 274 cm³/mol. The minimum Gasteiger partial charge on any atom is -0.351 e. The molecule has 0 spiro atoms. The van der Waals surface area contributed by atoms with Gasteiger partial charge < -0.3 is 31.2 Å². The number of amides is 7. The molecule has 374 valence electrons. The topological polar surface area (TPSA) is 277 Å². The molecule has 7 amide bonds. The van der Waals surface area contributed by atoms with Gasteiger partial charge in [-0.15, -0.1) is 24.8 Å². The number of anilines is 1. The van der Waals surface area contributed by atoms with Crippen molar-refractivity contribution in [3.63, 3.8) is 0 Å². The van der Waals surface area contributed by atoms with E-state index in [-0.39, 0.29) is 126 Å². The summed E-state index contributed by atoms with van der Waals surface area (Å²) in [4.78, 5) is 119. The number of nitrogens with one attached hydrogen (secondary N) is 5. The van der Waals surface area contributed by atoms with Gasteiger partial charge in [0, 0.05) is 128 Å². The van der Waals surface area contributed by atoms with Gasteiger partial charge in [0.15, 0.2) is 0 Å². The number of carbonyl (C=O) groups is 7. The first kappa shape index (κ1) is 52.2. The second kappa shape index (κ2) is 21.8. The maximum atomic E-state index is 14.2. The minimum absolute atomic E-state index is 0. The van der Waals surface area contributed by atoms with Crippen LogP contribution in [0.1, 0.15) is 72.6 Å². The first-order chi connectivity index (χ1) is 34.2. The summed E-state index contributed by atoms with van der Waals surface area (Å²) in [5, 5.41) is 40.2. The van der Waals surface area contributed by atoms with E-state index in [4.69, 9.17) is 0 Å². The first-order valence-electron chi connectivity index (χ1n) is 22.3. The number of non-ortho nitro benzene ring substituents is 2. The third kappa shape index (κ3) is 10.1. The summed E-state index contributed by atoms with van der Waals surface area (Å²) < 4.78 is 1.81. The molecule has 9 rings (SSSR count). The molecule has 0 radical (unpaired) electrons. The van der Waals surface area contributed by atoms with Crippen LogP contribution in [-0.2, 0) is 7.05 Å². The van der Waals surface area contributed by atoms with Gasteiger partial charge in [-0.2, -0.15) is 0 Å². The van der Waals surface area contributed by atoms with Crippen LogP contribution in [-0.4, -0.2) is 113 Å². The lowest BCUT2D eigenvalue weighted by Gasteiger charge is -2.28. The lowest BCUT2D eigenvalue weighted by Crippen LogP contribution is -2.44. The van der Waals surface area contributed by atoms with Crippen LogP contribution in [0.3, 0.4) is 0 Å². The molecule has 21 nitrogen and oxygen atoms in total. The molecule has 0 saturated heterocycles. The highest BCUT2D eigenvalue weighted by atomic mass is 35.5. The van der Waals surface area contributed by atoms with Crippen molar-refractivity contribution in [2.45, 2.75) is 0 Å². The third-order valence-electron chi connectivity index (χ3n) is 12.3. The third-order valence-corrected chi connectivity index (χ3v) is 12.3. The van der Waals surface area contributed by atoms with E-state index in [1.807, 2.05) is 41.9 Å². The quantitative estimate of drug-likeness (QED) is 0.0316. The van der Waals surface area contributed by atoms with Crippen LogP contribution in [0.4, 0.5) is 17.1 Å². The molecule has 0 bridgehead atoms. The lowest BCUT2D eigenvalue weighted by atomic mass is 9.92. The van der Waals surface area contributed by atoms with Crippen molar-refractivity contribution in [3.05, 3.63) is 168 Å². The van der Waals surface area contributed by atoms with E-state index < -0.39 is 45.3 Å². The monoisotopic (exact) mass is 1030 g/mol. The Labute approximate surface area is 426 Å². The molecular weight excluding hydrogens is 988 g/mol. The molecule has 6 aromatic carbocycles. The summed E-state index contributed by atoms with van der Waals surface area (Å²) >= 11 is 0. The molecule has 1 aromatic heterocycles. The van der Waals surface area contributed by atoms with E-state index in [0.29, 0.717) is 34.9 Å². The smallest absolute Gasteiger partial charge is 0.270 e. The normalized spacial score (nSPS) is 12.7. The number of hydrogen-bond acceptors (Lipinski definition) is 13. The number of aromatic nitrogens is 1. The van der Waals surface area contributed by atoms with Gasteiger partial charge >= 0.3 is 0 Å². The van der Waals surface area contributed by atoms with Crippen molar-refractivity contribution in [1.82, 2.24) is 36.1 Å². The Morgan fingerprint density at radius 3 is 1.52 bits per heavy atom. The van der Waals surface area contributed by atoms with Gasteiger partial charge in [-0.05, 0) is 53.2 Å². The number of fused-ring (bicyclic) bond motifs is 1. The van der Waals surface area contributed by atoms with Gasteiger partial charge in [0.05, 0.1) is 26.7 Å². The first-order valence-corrected chi connectivity index (χ1v) is 22.3. The zero-order chi connectivity index (χ0) is 50.1. The Morgan fingerprint density at radius 2 is 0.973 bits per heavy atom. The van der Waals surface area contributed by atoms with Gasteiger partial charge in [0.1, 0.15) is 5.69 Å². The highest BCUT2D eigenvalue weighted by Crippen LogP contribution is 2.37. The van der Waals surface area contributed by atoms with Gasteiger partial charge in [-0.1, -0.05) is 42.5 Å². The lowest BCUT2D eigenvalue weighted by molar-refractivity contribution is -0.384. The summed E-state index contributed by atoms with van der Waals surface area (Å²) in [6.45, 7) is 1.17. The minimum atomic E-state index is -0.906. The molecule has 3 heterocycles. The molecule has 2 aliphatic rings. The number of rotatable bonds is 18. The van der Waals surface area contributed by atoms with E-state index in [2.05, 4.69) is 26.6 Å². The summed E-state index contributed by atoms with van der Waals surface area (Å²) in [5.74, 6) is -4.53. The van der Waals surface area contributed by atoms with Gasteiger partial charge in [0.2, 0.25) is 0 Å². The molecule has 0 fully saturated rings. The van der Waals surface area contributed by atoms with E-state index in [0.717, 1.165) is 32.8 Å². The zero-order valence-corrected chi connectivity index (χ0v) is 40.2. The Balaban J connectivity index is 0.00000390. The van der Waals surface area contributed by atoms with E-state index in [1.165, 1.54) is 42.5 Å². The molecular formula is C50H44Cl2N10O11. The Kier molecular flexibility index (Phi) is 15.6. The van der Waals surface area contributed by atoms with Crippen LogP contribution in [0, 0.1) is 20.2 Å². The molecule has 23 heteroatoms. The number of benzene rings is 6. The fraction of sp³-hybridized carbons (Fsp3) is 0.180. The number of carbonyl (C=O) groups excluding carboxylic acids is 7. The highest BCUT2D eigenvalue weighted by Gasteiger charge is 2.37. The highest BCUT2D eigenvalue weighted by molar-refractivity contribution is 6.36. The molecule has 73 heavy (non-hydrogen) atoms. The molecule has 0 aliphatic carbocycles. The SMILES string of the molecule is Cl.Cl.Cn1c(C(=O)NCCNCCNC(=O)c2cc(C(=O)NCCNCCN3C(=O)c4cccc5cc([N+](=O)[O-])cc(c45)C3=O)cc(N3C(=O)c4cccc5cc([N+](=O)[O-])cc(c45)C3=O)c2)cc2ccccc21. The Hall–Kier alpha value is -8.63. The number of nitro benzene ring substituents is 2. The zero-order valence-electron chi connectivity index (χ0n) is 38.6. The average molecular weight is 1030 g/mol. The van der Waals surface area contributed by atoms with Crippen molar-refractivity contribution >= 4 is 116 Å². The van der Waals surface area contributed by atoms with E-state index >= 15 is 0 Å². The van der Waals surface area contributed by atoms with Crippen molar-refractivity contribution in [2.75, 3.05) is 57.3 Å². The van der Waals surface area contributed by atoms with Crippen molar-refractivity contribution in [3.8, 4) is 0 Å². The number of hydrogen-bond donors (Lipinski definition) is 5. The average Bonchev–Trinajstić information content (AvgIpc) is 3.71. The standard InChI is InChI=1S/C50H42N10O11.2ClH/c1-56-40-11-3-2-6-28(40)25-41(56)46(63)55-17-13-51-12-15-53-44(61)31-20-32(24-33(23-31)58-49(66)37-10-5-8-30-22-35(60(70)71)27-39(43(30)37)50(58)67)45(62)54-16-14-52-18-19-57-47(64)36-9-4-7-29-21-34(59(68)69)26-38(42(29)36)48(57)65;;/h2-11,20-27,51-52H,12-19H2,1H3,(H,53,61)(H,54,62)(H,55,63);2*1H. The molecule has 5 N–H and O–H groups in total. The summed E-state index contributed by atoms with van der Waals surface area (Å²) in [7, 11) is 1.81. The largest absolute Gasteiger partial charge is 0.351 e. The van der Waals surface area contributed by atoms with E-state index in [9.17, 15) is 53.8 Å². The molecule has 2 aliphatic heterocycles. The van der Waals surface area contributed by atoms with Crippen molar-refractivity contribution in [1.29, 1.82) is 0 Å². The van der Waals surface area contributed by atoms with Crippen molar-refractivity contribution < 1.29 is 43.4 Å². The summed E-state index contributed by atoms with van der Waals surface area (Å²) in [6, 6.07) is 27.3. The maximum Gasteiger partial charge on any atom is 0.270 e. The molecule has 0 atom stereocenters. The number of nitro groups is 2. The number of halogens is 2. The van der Waals surface area contributed by atoms with Crippen LogP contribution < -0.4 is 31.5 Å². The van der Waals surface area contributed by atoms with Crippen molar-refractivity contribution in [2.24, 2.45) is 7.05 Å². The van der Waals surface area contributed by atoms with Crippen LogP contribution in [0.5, 0.6) is 0 Å². The van der Waals surface area contributed by atoms with Gasteiger partial charge in [0.25, 0.3) is 52.7 Å². The fourth-order valence-electron chi connectivity index (χ4n) is 8.92. The van der Waals surface area contributed by atoms with Gasteiger partial charge in [-0.3, -0.25) is 58.7 Å². The predicted octanol–water partition coefficient (Wildman–Crippen LogP) is 5.31. The number of para-hydroxylation sites is 1. The molecule has 0 saturated carbocycles. The van der Waals surface area contributed by atoms with Crippen LogP contribution >= 0.6 is 24.8 Å². The summed E-state index contributed by atoms with van der Waals surface area (Å²) in [5.41, 5.74) is 0.648. The second-order valence-corrected chi connectivity index (χ2v) is 16.7. The Bertz CT molecular complexity index is 3470. The number of imide groups is 2. The maximum absolute atomic E-state index is 14.2. The van der Waals surface area contributed by atoms with Crippen LogP contribution in [0.2, 0.25) is 0 Å². The molecule has 0 unspecified atom stereocenters. The summed E-state index contributed by atoms with van der Waals surface area (Å²) in [6.07, 6.45) is 0. The fourth-order valence-corrected chi connectivity index (χ4v) is 8.92. The van der Waals surface area contributed by atoms with Gasteiger partial charge in [-0.25, -0.2) is 4.90 Å². The number of aryl methyl sites for hydroxylation is 1. The number of nitrogens with zero attached hydrogens (tertiary/aromatic N) is 5. The van der Waals surface area contributed by atoms with Crippen LogP contribution in [0.25, 0.3) is 32.4 Å². The molecule has 7 aromatic rings. The second-order valence-electron chi connectivity index (χ2n) is 16.7. The Morgan fingerprint density at radius 1 is 0.507 bits per heavy atom. The van der Waals surface area contributed by atoms with Crippen LogP contribution in [0.15, 0.2) is 109 Å².